The average Bonchev–Trinajstić information content (AvgIpc) is 2.49. The summed E-state index contributed by atoms with van der Waals surface area (Å²) in [7, 11) is 0. The Kier molecular flexibility index (Phi) is 2.18. The van der Waals surface area contributed by atoms with Crippen LogP contribution in [0.1, 0.15) is 5.56 Å². The van der Waals surface area contributed by atoms with Gasteiger partial charge < -0.3 is 10.1 Å². The lowest BCUT2D eigenvalue weighted by Crippen LogP contribution is -1.78. The molecule has 3 nitrogen and oxygen atoms in total. The highest BCUT2D eigenvalue weighted by Gasteiger charge is 2.08. The predicted molar refractivity (Wildman–Crippen MR) is 57.0 cm³/mol. The molecule has 0 saturated carbocycles. The topological polar surface area (TPSA) is 59.8 Å². The third-order valence-electron chi connectivity index (χ3n) is 2.07. The number of aromatic amines is 1. The van der Waals surface area contributed by atoms with Crippen LogP contribution in [0.2, 0.25) is 0 Å². The summed E-state index contributed by atoms with van der Waals surface area (Å²) in [5.41, 5.74) is 1.77. The standard InChI is InChI=1S/C10H7BrN2O/c11-8-3-7(14)4-9-10(8)6(1-2-12)5-13-9/h3-5,13-14H,1H2. The normalized spacial score (nSPS) is 10.3. The van der Waals surface area contributed by atoms with Crippen molar-refractivity contribution in [2.75, 3.05) is 0 Å². The number of aromatic hydroxyl groups is 1. The van der Waals surface area contributed by atoms with Crippen LogP contribution in [0.5, 0.6) is 5.75 Å². The van der Waals surface area contributed by atoms with Crippen molar-refractivity contribution in [3.63, 3.8) is 0 Å². The van der Waals surface area contributed by atoms with Crippen LogP contribution in [-0.4, -0.2) is 10.1 Å². The fraction of sp³-hybridized carbons (Fsp3) is 0.100. The van der Waals surface area contributed by atoms with Gasteiger partial charge >= 0.3 is 0 Å². The molecule has 0 radical (unpaired) electrons. The first kappa shape index (κ1) is 9.10. The third kappa shape index (κ3) is 1.36. The van der Waals surface area contributed by atoms with Crippen molar-refractivity contribution < 1.29 is 5.11 Å². The van der Waals surface area contributed by atoms with Gasteiger partial charge in [0.1, 0.15) is 5.75 Å². The Morgan fingerprint density at radius 2 is 2.29 bits per heavy atom. The number of hydrogen-bond donors (Lipinski definition) is 2. The first-order valence-corrected chi connectivity index (χ1v) is 4.87. The molecule has 0 aliphatic heterocycles. The second-order valence-electron chi connectivity index (χ2n) is 3.00. The fourth-order valence-electron chi connectivity index (χ4n) is 1.49. The van der Waals surface area contributed by atoms with E-state index in [1.807, 2.05) is 0 Å². The minimum Gasteiger partial charge on any atom is -0.508 e. The number of aromatic nitrogens is 1. The van der Waals surface area contributed by atoms with E-state index >= 15 is 0 Å². The number of halogens is 1. The maximum atomic E-state index is 9.34. The Bertz CT molecular complexity index is 525. The van der Waals surface area contributed by atoms with Crippen molar-refractivity contribution in [2.45, 2.75) is 6.42 Å². The van der Waals surface area contributed by atoms with Gasteiger partial charge in [-0.1, -0.05) is 0 Å². The highest BCUT2D eigenvalue weighted by molar-refractivity contribution is 9.10. The SMILES string of the molecule is N#CCc1c[nH]c2cc(O)cc(Br)c12. The number of nitrogens with zero attached hydrogens (tertiary/aromatic N) is 1. The van der Waals surface area contributed by atoms with Crippen molar-refractivity contribution in [1.82, 2.24) is 4.98 Å². The monoisotopic (exact) mass is 250 g/mol. The maximum Gasteiger partial charge on any atom is 0.118 e. The molecule has 0 atom stereocenters. The molecular weight excluding hydrogens is 244 g/mol. The molecule has 14 heavy (non-hydrogen) atoms. The molecule has 1 aromatic carbocycles. The number of fused-ring (bicyclic) bond motifs is 1. The summed E-state index contributed by atoms with van der Waals surface area (Å²) in [4.78, 5) is 3.01. The van der Waals surface area contributed by atoms with Crippen molar-refractivity contribution in [3.05, 3.63) is 28.4 Å². The lowest BCUT2D eigenvalue weighted by molar-refractivity contribution is 0.476. The Balaban J connectivity index is 2.74. The molecule has 0 spiro atoms. The zero-order valence-electron chi connectivity index (χ0n) is 7.21. The second kappa shape index (κ2) is 3.35. The van der Waals surface area contributed by atoms with Crippen molar-refractivity contribution in [2.24, 2.45) is 0 Å². The van der Waals surface area contributed by atoms with Crippen LogP contribution >= 0.6 is 15.9 Å². The molecule has 1 heterocycles. The van der Waals surface area contributed by atoms with Crippen LogP contribution in [0.15, 0.2) is 22.8 Å². The molecule has 70 valence electrons. The van der Waals surface area contributed by atoms with Crippen molar-refractivity contribution in [1.29, 1.82) is 5.26 Å². The van der Waals surface area contributed by atoms with Gasteiger partial charge in [-0.2, -0.15) is 5.26 Å². The first-order valence-electron chi connectivity index (χ1n) is 4.08. The molecule has 2 aromatic rings. The molecule has 0 aliphatic carbocycles. The smallest absolute Gasteiger partial charge is 0.118 e. The van der Waals surface area contributed by atoms with Gasteiger partial charge in [-0.3, -0.25) is 0 Å². The van der Waals surface area contributed by atoms with Gasteiger partial charge in [-0.25, -0.2) is 0 Å². The van der Waals surface area contributed by atoms with Gasteiger partial charge in [0.2, 0.25) is 0 Å². The number of nitrogens with one attached hydrogen (secondary N) is 1. The van der Waals surface area contributed by atoms with Crippen LogP contribution in [0.4, 0.5) is 0 Å². The number of nitriles is 1. The molecule has 0 fully saturated rings. The molecule has 0 saturated heterocycles. The Labute approximate surface area is 89.1 Å². The van der Waals surface area contributed by atoms with E-state index in [1.54, 1.807) is 18.3 Å². The highest BCUT2D eigenvalue weighted by atomic mass is 79.9. The van der Waals surface area contributed by atoms with Crippen LogP contribution in [-0.2, 0) is 6.42 Å². The van der Waals surface area contributed by atoms with E-state index in [2.05, 4.69) is 27.0 Å². The predicted octanol–water partition coefficient (Wildman–Crippen LogP) is 2.70. The van der Waals surface area contributed by atoms with Gasteiger partial charge in [0.15, 0.2) is 0 Å². The summed E-state index contributed by atoms with van der Waals surface area (Å²) < 4.78 is 0.805. The van der Waals surface area contributed by atoms with Crippen molar-refractivity contribution in [3.8, 4) is 11.8 Å². The van der Waals surface area contributed by atoms with Gasteiger partial charge in [0, 0.05) is 22.1 Å². The highest BCUT2D eigenvalue weighted by Crippen LogP contribution is 2.31. The van der Waals surface area contributed by atoms with Crippen LogP contribution in [0, 0.1) is 11.3 Å². The fourth-order valence-corrected chi connectivity index (χ4v) is 2.20. The molecule has 0 unspecified atom stereocenters. The van der Waals surface area contributed by atoms with E-state index in [0.717, 1.165) is 20.9 Å². The molecule has 0 aliphatic rings. The summed E-state index contributed by atoms with van der Waals surface area (Å²) in [6, 6.07) is 5.36. The summed E-state index contributed by atoms with van der Waals surface area (Å²) in [6.07, 6.45) is 2.15. The summed E-state index contributed by atoms with van der Waals surface area (Å²) in [5, 5.41) is 18.9. The van der Waals surface area contributed by atoms with E-state index in [9.17, 15) is 5.11 Å². The molecule has 1 aromatic heterocycles. The van der Waals surface area contributed by atoms with Crippen LogP contribution in [0.3, 0.4) is 0 Å². The maximum absolute atomic E-state index is 9.34. The summed E-state index contributed by atoms with van der Waals surface area (Å²) in [6.45, 7) is 0. The summed E-state index contributed by atoms with van der Waals surface area (Å²) >= 11 is 3.36. The number of H-pyrrole nitrogens is 1. The third-order valence-corrected chi connectivity index (χ3v) is 2.69. The molecule has 0 amide bonds. The van der Waals surface area contributed by atoms with Crippen molar-refractivity contribution >= 4 is 26.8 Å². The van der Waals surface area contributed by atoms with Gasteiger partial charge in [0.05, 0.1) is 18.0 Å². The minimum atomic E-state index is 0.203. The van der Waals surface area contributed by atoms with E-state index < -0.39 is 0 Å². The van der Waals surface area contributed by atoms with Crippen LogP contribution < -0.4 is 0 Å². The molecule has 2 N–H and O–H groups in total. The number of benzene rings is 1. The average molecular weight is 251 g/mol. The minimum absolute atomic E-state index is 0.203. The van der Waals surface area contributed by atoms with E-state index in [1.165, 1.54) is 0 Å². The number of phenolic OH excluding ortho intramolecular Hbond substituents is 1. The Morgan fingerprint density at radius 1 is 1.50 bits per heavy atom. The van der Waals surface area contributed by atoms with Gasteiger partial charge in [-0.15, -0.1) is 0 Å². The molecule has 0 bridgehead atoms. The first-order chi connectivity index (χ1) is 6.72. The molecular formula is C10H7BrN2O. The lowest BCUT2D eigenvalue weighted by Gasteiger charge is -1.98. The largest absolute Gasteiger partial charge is 0.508 e. The Hall–Kier alpha value is -1.47. The number of hydrogen-bond acceptors (Lipinski definition) is 2. The van der Waals surface area contributed by atoms with Crippen LogP contribution in [0.25, 0.3) is 10.9 Å². The molecule has 4 heteroatoms. The number of rotatable bonds is 1. The van der Waals surface area contributed by atoms with E-state index in [4.69, 9.17) is 5.26 Å². The van der Waals surface area contributed by atoms with Gasteiger partial charge in [-0.05, 0) is 27.6 Å². The zero-order valence-corrected chi connectivity index (χ0v) is 8.80. The van der Waals surface area contributed by atoms with Gasteiger partial charge in [0.25, 0.3) is 0 Å². The summed E-state index contributed by atoms with van der Waals surface area (Å²) in [5.74, 6) is 0.203. The quantitative estimate of drug-likeness (QED) is 0.818. The second-order valence-corrected chi connectivity index (χ2v) is 3.85. The molecule has 2 rings (SSSR count). The lowest BCUT2D eigenvalue weighted by atomic mass is 10.1. The zero-order chi connectivity index (χ0) is 10.1. The Morgan fingerprint density at radius 3 is 3.00 bits per heavy atom. The van der Waals surface area contributed by atoms with E-state index in [-0.39, 0.29) is 5.75 Å². The number of phenols is 1. The van der Waals surface area contributed by atoms with E-state index in [0.29, 0.717) is 6.42 Å².